The third-order valence-electron chi connectivity index (χ3n) is 2.86. The number of nitrogens with one attached hydrogen (secondary N) is 1. The maximum Gasteiger partial charge on any atom is 0.208 e. The van der Waals surface area contributed by atoms with Crippen LogP contribution in [0.15, 0.2) is 39.4 Å². The smallest absolute Gasteiger partial charge is 0.208 e. The molecule has 0 bridgehead atoms. The monoisotopic (exact) mass is 354 g/mol. The number of hydrogen-bond donors (Lipinski definition) is 2. The van der Waals surface area contributed by atoms with E-state index in [1.165, 1.54) is 0 Å². The molecular weight excluding hydrogens is 336 g/mol. The molecule has 0 aliphatic rings. The van der Waals surface area contributed by atoms with Gasteiger partial charge in [0.25, 0.3) is 0 Å². The predicted molar refractivity (Wildman–Crippen MR) is 83.2 cm³/mol. The van der Waals surface area contributed by atoms with Crippen molar-refractivity contribution in [3.05, 3.63) is 46.6 Å². The summed E-state index contributed by atoms with van der Waals surface area (Å²) < 4.78 is 12.0. The molecule has 1 unspecified atom stereocenters. The third-order valence-corrected chi connectivity index (χ3v) is 3.39. The number of hydrogen-bond acceptors (Lipinski definition) is 5. The molecule has 2 N–H and O–H groups in total. The maximum atomic E-state index is 9.85. The number of aromatic nitrogens is 1. The van der Waals surface area contributed by atoms with E-state index in [2.05, 4.69) is 26.2 Å². The molecule has 0 spiro atoms. The highest BCUT2D eigenvalue weighted by molar-refractivity contribution is 9.10. The van der Waals surface area contributed by atoms with E-state index < -0.39 is 6.10 Å². The molecule has 2 rings (SSSR count). The van der Waals surface area contributed by atoms with Crippen LogP contribution in [0, 0.1) is 0 Å². The topological polar surface area (TPSA) is 67.5 Å². The van der Waals surface area contributed by atoms with E-state index in [4.69, 9.17) is 9.15 Å². The molecule has 0 aliphatic carbocycles. The summed E-state index contributed by atoms with van der Waals surface area (Å²) >= 11 is 3.36. The predicted octanol–water partition coefficient (Wildman–Crippen LogP) is 2.53. The summed E-state index contributed by atoms with van der Waals surface area (Å²) in [4.78, 5) is 4.14. The van der Waals surface area contributed by atoms with Gasteiger partial charge in [0.1, 0.15) is 24.2 Å². The molecule has 1 aromatic heterocycles. The van der Waals surface area contributed by atoms with Gasteiger partial charge in [-0.3, -0.25) is 0 Å². The van der Waals surface area contributed by atoms with Crippen molar-refractivity contribution in [2.24, 2.45) is 0 Å². The van der Waals surface area contributed by atoms with Crippen LogP contribution in [0.1, 0.15) is 18.6 Å². The van der Waals surface area contributed by atoms with Crippen molar-refractivity contribution in [1.29, 1.82) is 0 Å². The Morgan fingerprint density at radius 3 is 2.81 bits per heavy atom. The molecule has 2 aromatic rings. The standard InChI is InChI=1S/C15H19BrN2O3/c1-2-13-8-18-15(21-13)9-17-7-12(19)10-20-14-5-3-11(16)4-6-14/h3-6,8,12,17,19H,2,7,9-10H2,1H3. The molecule has 0 fully saturated rings. The zero-order chi connectivity index (χ0) is 15.1. The van der Waals surface area contributed by atoms with Gasteiger partial charge in [0.15, 0.2) is 0 Å². The number of benzene rings is 1. The Hall–Kier alpha value is -1.37. The van der Waals surface area contributed by atoms with Crippen LogP contribution in [0.2, 0.25) is 0 Å². The van der Waals surface area contributed by atoms with Gasteiger partial charge in [-0.25, -0.2) is 4.98 Å². The fraction of sp³-hybridized carbons (Fsp3) is 0.400. The molecule has 21 heavy (non-hydrogen) atoms. The van der Waals surface area contributed by atoms with Crippen molar-refractivity contribution < 1.29 is 14.3 Å². The molecule has 0 aliphatic heterocycles. The number of nitrogens with zero attached hydrogens (tertiary/aromatic N) is 1. The molecule has 0 saturated heterocycles. The summed E-state index contributed by atoms with van der Waals surface area (Å²) in [5.41, 5.74) is 0. The van der Waals surface area contributed by atoms with Crippen molar-refractivity contribution in [3.63, 3.8) is 0 Å². The highest BCUT2D eigenvalue weighted by Gasteiger charge is 2.07. The van der Waals surface area contributed by atoms with Crippen LogP contribution in [0.5, 0.6) is 5.75 Å². The second-order valence-electron chi connectivity index (χ2n) is 4.62. The fourth-order valence-electron chi connectivity index (χ4n) is 1.72. The van der Waals surface area contributed by atoms with E-state index in [-0.39, 0.29) is 6.61 Å². The maximum absolute atomic E-state index is 9.85. The second-order valence-corrected chi connectivity index (χ2v) is 5.54. The van der Waals surface area contributed by atoms with Crippen LogP contribution in [-0.2, 0) is 13.0 Å². The number of aryl methyl sites for hydroxylation is 1. The van der Waals surface area contributed by atoms with E-state index in [1.54, 1.807) is 6.20 Å². The van der Waals surface area contributed by atoms with Gasteiger partial charge in [0.2, 0.25) is 5.89 Å². The Kier molecular flexibility index (Phi) is 6.22. The summed E-state index contributed by atoms with van der Waals surface area (Å²) in [6, 6.07) is 7.49. The number of halogens is 1. The van der Waals surface area contributed by atoms with Gasteiger partial charge in [-0.1, -0.05) is 22.9 Å². The summed E-state index contributed by atoms with van der Waals surface area (Å²) in [7, 11) is 0. The molecular formula is C15H19BrN2O3. The quantitative estimate of drug-likeness (QED) is 0.762. The van der Waals surface area contributed by atoms with Crippen LogP contribution in [-0.4, -0.2) is 29.3 Å². The molecule has 0 saturated carbocycles. The summed E-state index contributed by atoms with van der Waals surface area (Å²) in [5.74, 6) is 2.23. The van der Waals surface area contributed by atoms with Crippen molar-refractivity contribution in [2.45, 2.75) is 26.0 Å². The van der Waals surface area contributed by atoms with Crippen molar-refractivity contribution in [2.75, 3.05) is 13.2 Å². The van der Waals surface area contributed by atoms with E-state index in [9.17, 15) is 5.11 Å². The molecule has 1 aromatic carbocycles. The number of oxazole rings is 1. The van der Waals surface area contributed by atoms with Crippen LogP contribution in [0.3, 0.4) is 0 Å². The molecule has 0 radical (unpaired) electrons. The number of aliphatic hydroxyl groups is 1. The van der Waals surface area contributed by atoms with Crippen LogP contribution in [0.4, 0.5) is 0 Å². The highest BCUT2D eigenvalue weighted by Crippen LogP contribution is 2.16. The Balaban J connectivity index is 1.65. The number of ether oxygens (including phenoxy) is 1. The van der Waals surface area contributed by atoms with Crippen LogP contribution >= 0.6 is 15.9 Å². The summed E-state index contributed by atoms with van der Waals surface area (Å²) in [6.45, 7) is 3.16. The van der Waals surface area contributed by atoms with Crippen LogP contribution < -0.4 is 10.1 Å². The Bertz CT molecular complexity index is 542. The lowest BCUT2D eigenvalue weighted by Crippen LogP contribution is -2.31. The van der Waals surface area contributed by atoms with Crippen molar-refractivity contribution in [3.8, 4) is 5.75 Å². The number of aliphatic hydroxyl groups excluding tert-OH is 1. The van der Waals surface area contributed by atoms with Gasteiger partial charge in [-0.05, 0) is 24.3 Å². The fourth-order valence-corrected chi connectivity index (χ4v) is 1.99. The summed E-state index contributed by atoms with van der Waals surface area (Å²) in [5, 5.41) is 12.9. The molecule has 5 nitrogen and oxygen atoms in total. The van der Waals surface area contributed by atoms with Gasteiger partial charge >= 0.3 is 0 Å². The largest absolute Gasteiger partial charge is 0.491 e. The molecule has 6 heteroatoms. The lowest BCUT2D eigenvalue weighted by Gasteiger charge is -2.12. The first-order chi connectivity index (χ1) is 10.2. The highest BCUT2D eigenvalue weighted by atomic mass is 79.9. The van der Waals surface area contributed by atoms with E-state index in [0.29, 0.717) is 19.0 Å². The normalized spacial score (nSPS) is 12.3. The van der Waals surface area contributed by atoms with E-state index in [1.807, 2.05) is 31.2 Å². The lowest BCUT2D eigenvalue weighted by molar-refractivity contribution is 0.105. The van der Waals surface area contributed by atoms with E-state index >= 15 is 0 Å². The van der Waals surface area contributed by atoms with Gasteiger partial charge in [-0.2, -0.15) is 0 Å². The van der Waals surface area contributed by atoms with Gasteiger partial charge < -0.3 is 19.6 Å². The molecule has 1 atom stereocenters. The Labute approximate surface area is 132 Å². The zero-order valence-electron chi connectivity index (χ0n) is 11.9. The first-order valence-corrected chi connectivity index (χ1v) is 7.67. The Morgan fingerprint density at radius 1 is 1.38 bits per heavy atom. The van der Waals surface area contributed by atoms with Gasteiger partial charge in [0.05, 0.1) is 12.7 Å². The van der Waals surface area contributed by atoms with E-state index in [0.717, 1.165) is 22.4 Å². The molecule has 0 amide bonds. The molecule has 1 heterocycles. The SMILES string of the molecule is CCc1cnc(CNCC(O)COc2ccc(Br)cc2)o1. The minimum absolute atomic E-state index is 0.237. The number of rotatable bonds is 8. The Morgan fingerprint density at radius 2 is 2.14 bits per heavy atom. The summed E-state index contributed by atoms with van der Waals surface area (Å²) in [6.07, 6.45) is 1.97. The minimum Gasteiger partial charge on any atom is -0.491 e. The second kappa shape index (κ2) is 8.17. The first-order valence-electron chi connectivity index (χ1n) is 6.88. The van der Waals surface area contributed by atoms with Crippen molar-refractivity contribution in [1.82, 2.24) is 10.3 Å². The van der Waals surface area contributed by atoms with Gasteiger partial charge in [0, 0.05) is 17.4 Å². The van der Waals surface area contributed by atoms with Crippen LogP contribution in [0.25, 0.3) is 0 Å². The van der Waals surface area contributed by atoms with Crippen molar-refractivity contribution >= 4 is 15.9 Å². The minimum atomic E-state index is -0.589. The lowest BCUT2D eigenvalue weighted by atomic mass is 10.3. The zero-order valence-corrected chi connectivity index (χ0v) is 13.5. The average Bonchev–Trinajstić information content (AvgIpc) is 2.95. The first kappa shape index (κ1) is 16.0. The molecule has 114 valence electrons. The average molecular weight is 355 g/mol. The third kappa shape index (κ3) is 5.49. The van der Waals surface area contributed by atoms with Gasteiger partial charge in [-0.15, -0.1) is 0 Å².